The lowest BCUT2D eigenvalue weighted by molar-refractivity contribution is -0.120. The van der Waals surface area contributed by atoms with Gasteiger partial charge in [0.2, 0.25) is 23.2 Å². The Kier molecular flexibility index (Phi) is 5.85. The third-order valence-corrected chi connectivity index (χ3v) is 5.42. The number of hydrogen-bond donors (Lipinski definition) is 0. The molecule has 0 fully saturated rings. The van der Waals surface area contributed by atoms with Gasteiger partial charge < -0.3 is 9.47 Å². The molecule has 158 valence electrons. The van der Waals surface area contributed by atoms with Gasteiger partial charge in [-0.25, -0.2) is 4.79 Å². The first kappa shape index (κ1) is 20.8. The zero-order valence-corrected chi connectivity index (χ0v) is 18.0. The van der Waals surface area contributed by atoms with Gasteiger partial charge in [0.25, 0.3) is 0 Å². The molecule has 0 aliphatic carbocycles. The third-order valence-electron chi connectivity index (χ3n) is 4.88. The van der Waals surface area contributed by atoms with Crippen molar-refractivity contribution < 1.29 is 19.1 Å². The Bertz CT molecular complexity index is 1140. The van der Waals surface area contributed by atoms with E-state index in [1.165, 1.54) is 18.9 Å². The van der Waals surface area contributed by atoms with Crippen molar-refractivity contribution in [2.24, 2.45) is 0 Å². The molecule has 0 radical (unpaired) electrons. The van der Waals surface area contributed by atoms with Crippen LogP contribution in [0, 0.1) is 0 Å². The van der Waals surface area contributed by atoms with Crippen LogP contribution in [0.15, 0.2) is 53.7 Å². The molecule has 8 nitrogen and oxygen atoms in total. The number of rotatable bonds is 4. The Morgan fingerprint density at radius 3 is 2.55 bits per heavy atom. The van der Waals surface area contributed by atoms with E-state index < -0.39 is 12.2 Å². The molecule has 2 aromatic carbocycles. The number of thioether (sulfide) groups is 1. The van der Waals surface area contributed by atoms with Gasteiger partial charge in [0.05, 0.1) is 18.4 Å². The summed E-state index contributed by atoms with van der Waals surface area (Å²) in [6, 6.07) is 14.2. The van der Waals surface area contributed by atoms with Gasteiger partial charge in [-0.3, -0.25) is 9.69 Å². The number of hydrogen-bond acceptors (Lipinski definition) is 8. The number of esters is 1. The van der Waals surface area contributed by atoms with Crippen molar-refractivity contribution in [2.75, 3.05) is 18.3 Å². The molecule has 0 N–H and O–H groups in total. The van der Waals surface area contributed by atoms with Gasteiger partial charge in [0, 0.05) is 17.5 Å². The number of methoxy groups -OCH3 is 1. The zero-order chi connectivity index (χ0) is 22.0. The molecular formula is C22H20N4O4S. The van der Waals surface area contributed by atoms with Crippen molar-refractivity contribution in [3.05, 3.63) is 59.7 Å². The summed E-state index contributed by atoms with van der Waals surface area (Å²) in [6.45, 7) is 1.80. The highest BCUT2D eigenvalue weighted by atomic mass is 32.2. The van der Waals surface area contributed by atoms with E-state index in [4.69, 9.17) is 9.47 Å². The molecule has 1 aliphatic rings. The maximum Gasteiger partial charge on any atom is 0.337 e. The van der Waals surface area contributed by atoms with E-state index >= 15 is 0 Å². The fourth-order valence-corrected chi connectivity index (χ4v) is 3.66. The van der Waals surface area contributed by atoms with Crippen molar-refractivity contribution >= 4 is 29.3 Å². The molecule has 4 rings (SSSR count). The first-order chi connectivity index (χ1) is 15.1. The van der Waals surface area contributed by atoms with E-state index in [1.807, 2.05) is 30.5 Å². The van der Waals surface area contributed by atoms with E-state index in [0.717, 1.165) is 0 Å². The predicted octanol–water partition coefficient (Wildman–Crippen LogP) is 3.88. The number of fused-ring (bicyclic) bond motifs is 3. The lowest BCUT2D eigenvalue weighted by Crippen LogP contribution is -2.37. The maximum absolute atomic E-state index is 13.1. The van der Waals surface area contributed by atoms with Crippen LogP contribution in [0.5, 0.6) is 5.88 Å². The average molecular weight is 436 g/mol. The minimum Gasteiger partial charge on any atom is -0.465 e. The van der Waals surface area contributed by atoms with Crippen molar-refractivity contribution in [1.29, 1.82) is 0 Å². The van der Waals surface area contributed by atoms with Crippen LogP contribution in [0.1, 0.15) is 35.5 Å². The fourth-order valence-electron chi connectivity index (χ4n) is 3.36. The van der Waals surface area contributed by atoms with Crippen molar-refractivity contribution in [3.8, 4) is 17.1 Å². The molecule has 0 saturated heterocycles. The molecule has 0 spiro atoms. The van der Waals surface area contributed by atoms with E-state index in [-0.39, 0.29) is 12.3 Å². The third kappa shape index (κ3) is 3.84. The Labute approximate surface area is 183 Å². The molecule has 0 saturated carbocycles. The van der Waals surface area contributed by atoms with Crippen LogP contribution < -0.4 is 9.64 Å². The van der Waals surface area contributed by atoms with Gasteiger partial charge in [0.1, 0.15) is 0 Å². The molecule has 1 aliphatic heterocycles. The molecule has 1 unspecified atom stereocenters. The molecule has 1 amide bonds. The second-order valence-corrected chi connectivity index (χ2v) is 7.44. The van der Waals surface area contributed by atoms with E-state index in [1.54, 1.807) is 36.1 Å². The lowest BCUT2D eigenvalue weighted by Gasteiger charge is -2.30. The fraction of sp³-hybridized carbons (Fsp3) is 0.227. The number of amides is 1. The van der Waals surface area contributed by atoms with Gasteiger partial charge in [-0.05, 0) is 24.5 Å². The monoisotopic (exact) mass is 436 g/mol. The Morgan fingerprint density at radius 2 is 1.87 bits per heavy atom. The second-order valence-electron chi connectivity index (χ2n) is 6.67. The van der Waals surface area contributed by atoms with Gasteiger partial charge in [0.15, 0.2) is 5.69 Å². The van der Waals surface area contributed by atoms with Crippen LogP contribution >= 0.6 is 11.8 Å². The normalized spacial score (nSPS) is 14.7. The molecule has 9 heteroatoms. The molecule has 2 heterocycles. The van der Waals surface area contributed by atoms with Gasteiger partial charge in [-0.2, -0.15) is 4.98 Å². The van der Waals surface area contributed by atoms with Crippen LogP contribution in [-0.2, 0) is 9.53 Å². The van der Waals surface area contributed by atoms with Crippen molar-refractivity contribution in [2.45, 2.75) is 24.7 Å². The number of aromatic nitrogens is 3. The van der Waals surface area contributed by atoms with E-state index in [0.29, 0.717) is 39.1 Å². The van der Waals surface area contributed by atoms with Crippen molar-refractivity contribution in [1.82, 2.24) is 15.2 Å². The van der Waals surface area contributed by atoms with Crippen LogP contribution in [0.4, 0.5) is 5.69 Å². The molecule has 0 bridgehead atoms. The van der Waals surface area contributed by atoms with Gasteiger partial charge in [-0.15, -0.1) is 10.2 Å². The highest BCUT2D eigenvalue weighted by Gasteiger charge is 2.35. The largest absolute Gasteiger partial charge is 0.465 e. The first-order valence-electron chi connectivity index (χ1n) is 9.62. The smallest absolute Gasteiger partial charge is 0.337 e. The Balaban J connectivity index is 1.90. The first-order valence-corrected chi connectivity index (χ1v) is 10.8. The summed E-state index contributed by atoms with van der Waals surface area (Å²) in [5.41, 5.74) is 2.92. The summed E-state index contributed by atoms with van der Waals surface area (Å²) in [6.07, 6.45) is 1.33. The topological polar surface area (TPSA) is 94.5 Å². The molecule has 3 aromatic rings. The number of benzene rings is 2. The minimum atomic E-state index is -0.798. The summed E-state index contributed by atoms with van der Waals surface area (Å²) in [7, 11) is 1.33. The average Bonchev–Trinajstić information content (AvgIpc) is 2.97. The van der Waals surface area contributed by atoms with Crippen LogP contribution in [0.25, 0.3) is 11.3 Å². The molecule has 1 aromatic heterocycles. The maximum atomic E-state index is 13.1. The van der Waals surface area contributed by atoms with Gasteiger partial charge >= 0.3 is 5.97 Å². The number of ether oxygens (including phenoxy) is 2. The summed E-state index contributed by atoms with van der Waals surface area (Å²) >= 11 is 1.35. The summed E-state index contributed by atoms with van der Waals surface area (Å²) in [4.78, 5) is 31.0. The minimum absolute atomic E-state index is 0.125. The number of carbonyl (C=O) groups excluding carboxylic acids is 2. The van der Waals surface area contributed by atoms with Crippen LogP contribution in [0.3, 0.4) is 0 Å². The van der Waals surface area contributed by atoms with Crippen LogP contribution in [0.2, 0.25) is 0 Å². The zero-order valence-electron chi connectivity index (χ0n) is 17.2. The quantitative estimate of drug-likeness (QED) is 0.449. The summed E-state index contributed by atoms with van der Waals surface area (Å²) in [5, 5.41) is 8.94. The number of para-hydroxylation sites is 1. The Hall–Kier alpha value is -3.46. The highest BCUT2D eigenvalue weighted by Crippen LogP contribution is 2.43. The standard InChI is InChI=1S/C22H20N4O4S/c1-4-17(27)26-16-8-6-5-7-15(16)18-19(23-22(31-3)25-24-18)30-20(26)13-9-11-14(12-10-13)21(28)29-2/h5-12,20H,4H2,1-3H3. The number of anilines is 1. The Morgan fingerprint density at radius 1 is 1.13 bits per heavy atom. The predicted molar refractivity (Wildman–Crippen MR) is 116 cm³/mol. The van der Waals surface area contributed by atoms with E-state index in [9.17, 15) is 9.59 Å². The van der Waals surface area contributed by atoms with Crippen molar-refractivity contribution in [3.63, 3.8) is 0 Å². The summed E-state index contributed by atoms with van der Waals surface area (Å²) in [5.74, 6) is -0.271. The van der Waals surface area contributed by atoms with Gasteiger partial charge in [-0.1, -0.05) is 49.0 Å². The number of nitrogens with zero attached hydrogens (tertiary/aromatic N) is 4. The second kappa shape index (κ2) is 8.73. The molecular weight excluding hydrogens is 416 g/mol. The van der Waals surface area contributed by atoms with E-state index in [2.05, 4.69) is 15.2 Å². The molecule has 1 atom stereocenters. The highest BCUT2D eigenvalue weighted by molar-refractivity contribution is 7.98. The summed E-state index contributed by atoms with van der Waals surface area (Å²) < 4.78 is 11.1. The lowest BCUT2D eigenvalue weighted by atomic mass is 10.1. The number of carbonyl (C=O) groups is 2. The van der Waals surface area contributed by atoms with Crippen LogP contribution in [-0.4, -0.2) is 40.4 Å². The SMILES string of the molecule is CCC(=O)N1c2ccccc2-c2nnc(SC)nc2OC1c1ccc(C(=O)OC)cc1. The molecule has 31 heavy (non-hydrogen) atoms.